The summed E-state index contributed by atoms with van der Waals surface area (Å²) in [7, 11) is 6.50. The van der Waals surface area contributed by atoms with Crippen molar-refractivity contribution in [2.45, 2.75) is 87.4 Å². The van der Waals surface area contributed by atoms with Crippen LogP contribution in [0.15, 0.2) is 84.9 Å². The molecule has 0 aromatic heterocycles. The predicted octanol–water partition coefficient (Wildman–Crippen LogP) is 10.1. The molecule has 75 heavy (non-hydrogen) atoms. The highest BCUT2D eigenvalue weighted by atomic mass is 35.5. The van der Waals surface area contributed by atoms with Gasteiger partial charge >= 0.3 is 12.4 Å². The van der Waals surface area contributed by atoms with Gasteiger partial charge in [-0.15, -0.1) is 0 Å². The van der Waals surface area contributed by atoms with Gasteiger partial charge in [0.1, 0.15) is 11.5 Å². The first kappa shape index (κ1) is 55.7. The second-order valence-corrected chi connectivity index (χ2v) is 21.9. The van der Waals surface area contributed by atoms with Gasteiger partial charge in [0.15, 0.2) is 0 Å². The molecule has 3 atom stereocenters. The fraction of sp³-hybridized carbons (Fsp3) is 0.491. The van der Waals surface area contributed by atoms with Gasteiger partial charge in [0.05, 0.1) is 33.9 Å². The van der Waals surface area contributed by atoms with Crippen LogP contribution in [-0.2, 0) is 20.7 Å². The molecular formula is C55H61Cl2F6N5O7. The molecular weight excluding hydrogens is 1030 g/mol. The lowest BCUT2D eigenvalue weighted by atomic mass is 9.74. The molecule has 2 aliphatic heterocycles. The van der Waals surface area contributed by atoms with Gasteiger partial charge in [-0.05, 0) is 146 Å². The molecule has 4 aliphatic rings. The van der Waals surface area contributed by atoms with Gasteiger partial charge in [-0.1, -0.05) is 59.6 Å². The number of ether oxygens (including phenoxy) is 2. The number of carbonyl (C=O) groups is 4. The zero-order chi connectivity index (χ0) is 54.4. The van der Waals surface area contributed by atoms with Gasteiger partial charge in [0.25, 0.3) is 29.2 Å². The van der Waals surface area contributed by atoms with Crippen LogP contribution in [0.1, 0.15) is 89.6 Å². The van der Waals surface area contributed by atoms with Crippen molar-refractivity contribution in [2.24, 2.45) is 28.9 Å². The second kappa shape index (κ2) is 21.5. The third-order valence-corrected chi connectivity index (χ3v) is 16.4. The predicted molar refractivity (Wildman–Crippen MR) is 270 cm³/mol. The van der Waals surface area contributed by atoms with Gasteiger partial charge in [-0.3, -0.25) is 19.2 Å². The van der Waals surface area contributed by atoms with E-state index in [9.17, 15) is 24.3 Å². The monoisotopic (exact) mass is 1090 g/mol. The SMILES string of the molecule is CN(C)C(=O)c1ccc(OCC[C@H]2CC23CCN(C(=O)C(N)(c2cccc(-c4cccc(C(O)(C(=O)N5CCC(CC6CC(Oc7ccc(C(=O)N(C)C)c(Cl)c7)C6)CC5)C(F)(F)F)c4)c2)C(F)(F)F)CC3)cc1Cl. The normalized spacial score (nSPS) is 21.3. The minimum atomic E-state index is -5.48. The zero-order valence-electron chi connectivity index (χ0n) is 42.1. The van der Waals surface area contributed by atoms with Gasteiger partial charge in [-0.25, -0.2) is 0 Å². The third-order valence-electron chi connectivity index (χ3n) is 15.8. The Labute approximate surface area is 442 Å². The van der Waals surface area contributed by atoms with Crippen LogP contribution >= 0.6 is 23.2 Å². The first-order valence-corrected chi connectivity index (χ1v) is 25.8. The summed E-state index contributed by atoms with van der Waals surface area (Å²) in [6, 6.07) is 18.7. The Morgan fingerprint density at radius 3 is 1.75 bits per heavy atom. The summed E-state index contributed by atoms with van der Waals surface area (Å²) < 4.78 is 103. The fourth-order valence-corrected chi connectivity index (χ4v) is 11.6. The highest BCUT2D eigenvalue weighted by Crippen LogP contribution is 2.61. The van der Waals surface area contributed by atoms with Crippen LogP contribution in [0.2, 0.25) is 10.0 Å². The molecule has 1 spiro atoms. The number of nitrogens with zero attached hydrogens (tertiary/aromatic N) is 4. The van der Waals surface area contributed by atoms with E-state index >= 15 is 26.3 Å². The number of likely N-dealkylation sites (tertiary alicyclic amines) is 2. The molecule has 0 bridgehead atoms. The van der Waals surface area contributed by atoms with Gasteiger partial charge in [0, 0.05) is 59.9 Å². The lowest BCUT2D eigenvalue weighted by Crippen LogP contribution is -2.62. The molecule has 3 N–H and O–H groups in total. The summed E-state index contributed by atoms with van der Waals surface area (Å²) in [5, 5.41) is 12.0. The Morgan fingerprint density at radius 2 is 1.21 bits per heavy atom. The van der Waals surface area contributed by atoms with E-state index < -0.39 is 46.4 Å². The van der Waals surface area contributed by atoms with E-state index in [2.05, 4.69) is 0 Å². The van der Waals surface area contributed by atoms with Crippen molar-refractivity contribution in [1.29, 1.82) is 0 Å². The van der Waals surface area contributed by atoms with Crippen LogP contribution in [0.25, 0.3) is 11.1 Å². The van der Waals surface area contributed by atoms with Crippen LogP contribution in [0.5, 0.6) is 11.5 Å². The summed E-state index contributed by atoms with van der Waals surface area (Å²) in [6.07, 6.45) is -5.37. The minimum absolute atomic E-state index is 0.0261. The number of rotatable bonds is 15. The third kappa shape index (κ3) is 11.3. The summed E-state index contributed by atoms with van der Waals surface area (Å²) in [6.45, 7) is 0.338. The largest absolute Gasteiger partial charge is 0.494 e. The minimum Gasteiger partial charge on any atom is -0.494 e. The fourth-order valence-electron chi connectivity index (χ4n) is 11.1. The maximum absolute atomic E-state index is 15.2. The molecule has 4 amide bonds. The smallest absolute Gasteiger partial charge is 0.430 e. The quantitative estimate of drug-likeness (QED) is 0.112. The summed E-state index contributed by atoms with van der Waals surface area (Å²) in [4.78, 5) is 57.5. The average Bonchev–Trinajstić information content (AvgIpc) is 4.03. The van der Waals surface area contributed by atoms with E-state index in [1.165, 1.54) is 34.1 Å². The Bertz CT molecular complexity index is 2790. The van der Waals surface area contributed by atoms with E-state index in [0.717, 1.165) is 59.7 Å². The van der Waals surface area contributed by atoms with Crippen molar-refractivity contribution >= 4 is 46.8 Å². The molecule has 4 aromatic carbocycles. The van der Waals surface area contributed by atoms with Crippen LogP contribution < -0.4 is 15.2 Å². The number of aliphatic hydroxyl groups is 1. The number of hydrogen-bond donors (Lipinski definition) is 2. The Hall–Kier alpha value is -5.56. The molecule has 8 rings (SSSR count). The molecule has 4 fully saturated rings. The van der Waals surface area contributed by atoms with Crippen LogP contribution in [-0.4, -0.2) is 128 Å². The molecule has 4 aromatic rings. The van der Waals surface area contributed by atoms with Gasteiger partial charge in [-0.2, -0.15) is 26.3 Å². The van der Waals surface area contributed by atoms with Crippen molar-refractivity contribution in [3.63, 3.8) is 0 Å². The van der Waals surface area contributed by atoms with Crippen molar-refractivity contribution < 1.29 is 60.1 Å². The van der Waals surface area contributed by atoms with E-state index in [1.807, 2.05) is 0 Å². The highest BCUT2D eigenvalue weighted by Gasteiger charge is 2.63. The number of piperidine rings is 2. The molecule has 2 unspecified atom stereocenters. The summed E-state index contributed by atoms with van der Waals surface area (Å²) in [5.74, 6) is -1.73. The maximum Gasteiger partial charge on any atom is 0.430 e. The average molecular weight is 1090 g/mol. The topological polar surface area (TPSA) is 146 Å². The first-order chi connectivity index (χ1) is 35.2. The van der Waals surface area contributed by atoms with E-state index in [-0.39, 0.29) is 82.5 Å². The Morgan fingerprint density at radius 1 is 0.693 bits per heavy atom. The number of amides is 4. The maximum atomic E-state index is 15.2. The van der Waals surface area contributed by atoms with E-state index in [4.69, 9.17) is 38.4 Å². The number of carbonyl (C=O) groups excluding carboxylic acids is 4. The number of nitrogens with two attached hydrogens (primary N) is 1. The van der Waals surface area contributed by atoms with E-state index in [0.29, 0.717) is 67.3 Å². The Kier molecular flexibility index (Phi) is 15.9. The van der Waals surface area contributed by atoms with Crippen LogP contribution in [0, 0.1) is 23.2 Å². The van der Waals surface area contributed by atoms with Gasteiger partial charge < -0.3 is 39.9 Å². The molecule has 2 saturated heterocycles. The van der Waals surface area contributed by atoms with Gasteiger partial charge in [0.2, 0.25) is 5.54 Å². The van der Waals surface area contributed by atoms with E-state index in [1.54, 1.807) is 64.6 Å². The van der Waals surface area contributed by atoms with Crippen molar-refractivity contribution in [3.8, 4) is 22.6 Å². The van der Waals surface area contributed by atoms with Crippen molar-refractivity contribution in [2.75, 3.05) is 61.0 Å². The van der Waals surface area contributed by atoms with Crippen molar-refractivity contribution in [1.82, 2.24) is 19.6 Å². The standard InChI is InChI=1S/C55H61Cl2F6N5O7/c1-65(2)47(69)43-13-11-40(30-45(43)56)74-24-17-39-32-51(39)18-22-68(23-19-51)49(71)52(64,54(58,59)60)37-9-5-7-35(28-37)36-8-6-10-38(29-36)53(73,55(61,62)63)50(72)67-20-15-33(16-21-67)25-34-26-42(27-34)75-41-12-14-44(46(57)31-41)48(70)66(3)4/h5-14,28-31,33-34,39,42,73H,15-27,32,64H2,1-4H3/t34?,39-,42?,52?,53?/m0/s1. The molecule has 12 nitrogen and oxygen atoms in total. The zero-order valence-corrected chi connectivity index (χ0v) is 43.6. The second-order valence-electron chi connectivity index (χ2n) is 21.1. The number of alkyl halides is 6. The summed E-state index contributed by atoms with van der Waals surface area (Å²) >= 11 is 12.7. The molecule has 20 heteroatoms. The molecule has 2 aliphatic carbocycles. The van der Waals surface area contributed by atoms with Crippen LogP contribution in [0.4, 0.5) is 26.3 Å². The molecule has 2 heterocycles. The molecule has 404 valence electrons. The number of halogens is 8. The van der Waals surface area contributed by atoms with Crippen molar-refractivity contribution in [3.05, 3.63) is 117 Å². The highest BCUT2D eigenvalue weighted by molar-refractivity contribution is 6.34. The summed E-state index contributed by atoms with van der Waals surface area (Å²) in [5.41, 5.74) is -2.34. The Balaban J connectivity index is 0.871. The number of benzene rings is 4. The number of hydrogen-bond acceptors (Lipinski definition) is 8. The van der Waals surface area contributed by atoms with Crippen LogP contribution in [0.3, 0.4) is 0 Å². The molecule has 2 saturated carbocycles. The lowest BCUT2D eigenvalue weighted by Gasteiger charge is -2.41. The molecule has 0 radical (unpaired) electrons. The lowest BCUT2D eigenvalue weighted by molar-refractivity contribution is -0.262. The first-order valence-electron chi connectivity index (χ1n) is 25.0.